The van der Waals surface area contributed by atoms with Crippen molar-refractivity contribution in [3.63, 3.8) is 0 Å². The van der Waals surface area contributed by atoms with Crippen LogP contribution in [0.3, 0.4) is 0 Å². The lowest BCUT2D eigenvalue weighted by Gasteiger charge is -2.05. The van der Waals surface area contributed by atoms with Gasteiger partial charge in [-0.2, -0.15) is 0 Å². The Morgan fingerprint density at radius 3 is 2.80 bits per heavy atom. The van der Waals surface area contributed by atoms with E-state index in [1.165, 1.54) is 6.26 Å². The minimum Gasteiger partial charge on any atom is -0.344 e. The first-order valence-electron chi connectivity index (χ1n) is 4.88. The summed E-state index contributed by atoms with van der Waals surface area (Å²) >= 11 is 0. The fraction of sp³-hybridized carbons (Fsp3) is 0.667. The van der Waals surface area contributed by atoms with Gasteiger partial charge >= 0.3 is 0 Å². The molecule has 1 rings (SSSR count). The summed E-state index contributed by atoms with van der Waals surface area (Å²) < 4.78 is 22.6. The molecule has 1 heterocycles. The highest BCUT2D eigenvalue weighted by Crippen LogP contribution is 2.17. The van der Waals surface area contributed by atoms with E-state index in [0.717, 1.165) is 12.2 Å². The highest BCUT2D eigenvalue weighted by atomic mass is 32.2. The van der Waals surface area contributed by atoms with Crippen molar-refractivity contribution >= 4 is 9.84 Å². The molecule has 0 amide bonds. The van der Waals surface area contributed by atoms with Crippen molar-refractivity contribution in [2.75, 3.05) is 12.8 Å². The lowest BCUT2D eigenvalue weighted by atomic mass is 10.4. The van der Waals surface area contributed by atoms with Gasteiger partial charge in [-0.25, -0.2) is 13.4 Å². The minimum atomic E-state index is -3.08. The Bertz CT molecular complexity index is 411. The number of sulfone groups is 1. The van der Waals surface area contributed by atoms with Gasteiger partial charge in [0.2, 0.25) is 0 Å². The molecule has 1 aromatic rings. The van der Waals surface area contributed by atoms with Gasteiger partial charge in [0.1, 0.15) is 11.1 Å². The van der Waals surface area contributed by atoms with Crippen molar-refractivity contribution < 1.29 is 8.42 Å². The lowest BCUT2D eigenvalue weighted by molar-refractivity contribution is 0.589. The third-order valence-electron chi connectivity index (χ3n) is 2.24. The lowest BCUT2D eigenvalue weighted by Crippen LogP contribution is -2.12. The fourth-order valence-electron chi connectivity index (χ4n) is 1.14. The zero-order valence-electron chi connectivity index (χ0n) is 9.24. The molecule has 0 saturated carbocycles. The zero-order chi connectivity index (χ0) is 11.5. The molecule has 0 fully saturated rings. The molecular formula is C9H17N3O2S. The van der Waals surface area contributed by atoms with Crippen LogP contribution in [0.1, 0.15) is 30.6 Å². The van der Waals surface area contributed by atoms with E-state index in [2.05, 4.69) is 15.3 Å². The van der Waals surface area contributed by atoms with Crippen LogP contribution in [0.15, 0.2) is 6.20 Å². The molecule has 2 N–H and O–H groups in total. The van der Waals surface area contributed by atoms with Crippen molar-refractivity contribution in [2.24, 2.45) is 0 Å². The molecule has 0 radical (unpaired) electrons. The van der Waals surface area contributed by atoms with Gasteiger partial charge in [0, 0.05) is 24.7 Å². The molecule has 0 aliphatic heterocycles. The highest BCUT2D eigenvalue weighted by Gasteiger charge is 2.19. The number of H-pyrrole nitrogens is 1. The van der Waals surface area contributed by atoms with Gasteiger partial charge in [-0.15, -0.1) is 0 Å². The Morgan fingerprint density at radius 1 is 1.60 bits per heavy atom. The molecule has 5 nitrogen and oxygen atoms in total. The van der Waals surface area contributed by atoms with Crippen LogP contribution >= 0.6 is 0 Å². The quantitative estimate of drug-likeness (QED) is 0.779. The first kappa shape index (κ1) is 12.2. The molecule has 86 valence electrons. The van der Waals surface area contributed by atoms with Crippen LogP contribution in [-0.2, 0) is 16.4 Å². The van der Waals surface area contributed by atoms with Gasteiger partial charge in [0.05, 0.1) is 0 Å². The maximum atomic E-state index is 11.3. The summed E-state index contributed by atoms with van der Waals surface area (Å²) in [5, 5.41) is 2.56. The number of rotatable bonds is 5. The first-order chi connectivity index (χ1) is 6.95. The van der Waals surface area contributed by atoms with Gasteiger partial charge in [-0.05, 0) is 13.5 Å². The van der Waals surface area contributed by atoms with Crippen molar-refractivity contribution in [3.8, 4) is 0 Å². The molecule has 1 unspecified atom stereocenters. The van der Waals surface area contributed by atoms with Crippen LogP contribution in [-0.4, -0.2) is 31.2 Å². The summed E-state index contributed by atoms with van der Waals surface area (Å²) in [6.07, 6.45) is 2.88. The average molecular weight is 231 g/mol. The maximum Gasteiger partial charge on any atom is 0.157 e. The van der Waals surface area contributed by atoms with Gasteiger partial charge in [-0.3, -0.25) is 0 Å². The van der Waals surface area contributed by atoms with Crippen molar-refractivity contribution in [1.82, 2.24) is 15.3 Å². The van der Waals surface area contributed by atoms with Crippen LogP contribution < -0.4 is 5.32 Å². The van der Waals surface area contributed by atoms with Crippen LogP contribution in [0.2, 0.25) is 0 Å². The maximum absolute atomic E-state index is 11.3. The Morgan fingerprint density at radius 2 is 2.27 bits per heavy atom. The summed E-state index contributed by atoms with van der Waals surface area (Å²) in [5.74, 6) is 0.505. The molecule has 6 heteroatoms. The van der Waals surface area contributed by atoms with Crippen LogP contribution in [0.4, 0.5) is 0 Å². The zero-order valence-corrected chi connectivity index (χ0v) is 10.1. The van der Waals surface area contributed by atoms with E-state index in [9.17, 15) is 8.42 Å². The topological polar surface area (TPSA) is 74.8 Å². The Hall–Kier alpha value is -0.880. The summed E-state index contributed by atoms with van der Waals surface area (Å²) in [7, 11) is -3.08. The average Bonchev–Trinajstić information content (AvgIpc) is 2.60. The largest absolute Gasteiger partial charge is 0.344 e. The summed E-state index contributed by atoms with van der Waals surface area (Å²) in [4.78, 5) is 7.06. The molecule has 1 aromatic heterocycles. The fourth-order valence-corrected chi connectivity index (χ4v) is 1.66. The van der Waals surface area contributed by atoms with E-state index in [1.54, 1.807) is 13.1 Å². The van der Waals surface area contributed by atoms with Crippen molar-refractivity contribution in [2.45, 2.75) is 25.6 Å². The Labute approximate surface area is 90.2 Å². The standard InChI is InChI=1S/C9H17N3O2S/c1-4-10-5-8-6-11-9(12-8)7(2)15(3,13)14/h6-7,10H,4-5H2,1-3H3,(H,11,12). The van der Waals surface area contributed by atoms with Gasteiger partial charge < -0.3 is 10.3 Å². The van der Waals surface area contributed by atoms with Crippen LogP contribution in [0, 0.1) is 0 Å². The molecule has 0 aliphatic rings. The smallest absolute Gasteiger partial charge is 0.157 e. The normalized spacial score (nSPS) is 14.1. The predicted octanol–water partition coefficient (Wildman–Crippen LogP) is 0.625. The minimum absolute atomic E-state index is 0.505. The first-order valence-corrected chi connectivity index (χ1v) is 6.84. The Balaban J connectivity index is 2.76. The highest BCUT2D eigenvalue weighted by molar-refractivity contribution is 7.90. The molecule has 1 atom stereocenters. The van der Waals surface area contributed by atoms with Crippen LogP contribution in [0.25, 0.3) is 0 Å². The molecule has 0 bridgehead atoms. The van der Waals surface area contributed by atoms with Gasteiger partial charge in [-0.1, -0.05) is 6.92 Å². The van der Waals surface area contributed by atoms with Gasteiger partial charge in [0.15, 0.2) is 9.84 Å². The van der Waals surface area contributed by atoms with Gasteiger partial charge in [0.25, 0.3) is 0 Å². The number of hydrogen-bond donors (Lipinski definition) is 2. The number of imidazole rings is 1. The summed E-state index contributed by atoms with van der Waals surface area (Å²) in [6.45, 7) is 5.19. The third-order valence-corrected chi connectivity index (χ3v) is 3.75. The summed E-state index contributed by atoms with van der Waals surface area (Å²) in [5.41, 5.74) is 0.905. The molecule has 0 spiro atoms. The van der Waals surface area contributed by atoms with E-state index >= 15 is 0 Å². The number of aromatic nitrogens is 2. The number of nitrogens with zero attached hydrogens (tertiary/aromatic N) is 1. The van der Waals surface area contributed by atoms with Crippen LogP contribution in [0.5, 0.6) is 0 Å². The number of nitrogens with one attached hydrogen (secondary N) is 2. The second-order valence-corrected chi connectivity index (χ2v) is 5.91. The van der Waals surface area contributed by atoms with E-state index in [0.29, 0.717) is 12.4 Å². The third kappa shape index (κ3) is 3.32. The monoisotopic (exact) mass is 231 g/mol. The number of aromatic amines is 1. The second-order valence-electron chi connectivity index (χ2n) is 3.55. The summed E-state index contributed by atoms with van der Waals surface area (Å²) in [6, 6.07) is 0. The Kier molecular flexibility index (Phi) is 3.87. The van der Waals surface area contributed by atoms with E-state index in [4.69, 9.17) is 0 Å². The molecule has 0 saturated heterocycles. The predicted molar refractivity (Wildman–Crippen MR) is 59.2 cm³/mol. The van der Waals surface area contributed by atoms with E-state index < -0.39 is 15.1 Å². The molecule has 15 heavy (non-hydrogen) atoms. The van der Waals surface area contributed by atoms with E-state index in [-0.39, 0.29) is 0 Å². The SMILES string of the molecule is CCNCc1cnc(C(C)S(C)(=O)=O)[nH]1. The second kappa shape index (κ2) is 4.76. The van der Waals surface area contributed by atoms with Crippen molar-refractivity contribution in [3.05, 3.63) is 17.7 Å². The van der Waals surface area contributed by atoms with E-state index in [1.807, 2.05) is 6.92 Å². The molecule has 0 aliphatic carbocycles. The molecule has 0 aromatic carbocycles. The molecular weight excluding hydrogens is 214 g/mol. The van der Waals surface area contributed by atoms with Crippen molar-refractivity contribution in [1.29, 1.82) is 0 Å². The number of hydrogen-bond acceptors (Lipinski definition) is 4.